The summed E-state index contributed by atoms with van der Waals surface area (Å²) in [5.41, 5.74) is 8.85. The van der Waals surface area contributed by atoms with Crippen molar-refractivity contribution in [3.8, 4) is 0 Å². The third-order valence-electron chi connectivity index (χ3n) is 1.75. The minimum absolute atomic E-state index is 0. The second-order valence-electron chi connectivity index (χ2n) is 3.24. The number of nitrogens with one attached hydrogen (secondary N) is 2. The van der Waals surface area contributed by atoms with Crippen molar-refractivity contribution in [1.82, 2.24) is 5.43 Å². The van der Waals surface area contributed by atoms with Crippen LogP contribution in [-0.4, -0.2) is 35.7 Å². The van der Waals surface area contributed by atoms with E-state index in [2.05, 4.69) is 28.1 Å². The van der Waals surface area contributed by atoms with Gasteiger partial charge >= 0.3 is 29.6 Å². The van der Waals surface area contributed by atoms with Crippen LogP contribution in [0.4, 0.5) is 5.69 Å². The number of anilines is 1. The molecule has 8 nitrogen and oxygen atoms in total. The normalized spacial score (nSPS) is 10.2. The van der Waals surface area contributed by atoms with E-state index in [-0.39, 0.29) is 40.1 Å². The van der Waals surface area contributed by atoms with Gasteiger partial charge in [-0.1, -0.05) is 12.1 Å². The molecule has 6 N–H and O–H groups in total. The van der Waals surface area contributed by atoms with E-state index in [4.69, 9.17) is 5.73 Å². The van der Waals surface area contributed by atoms with Gasteiger partial charge in [-0.3, -0.25) is 5.43 Å². The van der Waals surface area contributed by atoms with Crippen molar-refractivity contribution in [3.63, 3.8) is 0 Å². The maximum Gasteiger partial charge on any atom is 1.00 e. The molecule has 0 bridgehead atoms. The minimum atomic E-state index is -4.28. The number of thiocarbonyl (C=S) groups is 1. The average Bonchev–Trinajstić information content (AvgIpc) is 2.26. The van der Waals surface area contributed by atoms with Crippen LogP contribution in [0.15, 0.2) is 29.4 Å². The van der Waals surface area contributed by atoms with E-state index in [1.807, 2.05) is 0 Å². The van der Waals surface area contributed by atoms with Crippen LogP contribution < -0.4 is 46.0 Å². The Hall–Kier alpha value is -0.750. The predicted molar refractivity (Wildman–Crippen MR) is 75.8 cm³/mol. The summed E-state index contributed by atoms with van der Waals surface area (Å²) in [6.07, 6.45) is 1.49. The molecule has 0 amide bonds. The summed E-state index contributed by atoms with van der Waals surface area (Å²) in [6.45, 7) is 0. The Balaban J connectivity index is 0. The molecule has 1 aromatic rings. The van der Waals surface area contributed by atoms with E-state index < -0.39 is 16.0 Å². The van der Waals surface area contributed by atoms with E-state index in [0.29, 0.717) is 5.69 Å². The molecule has 0 unspecified atom stereocenters. The molecule has 1 aromatic carbocycles. The average molecular weight is 328 g/mol. The molecule has 0 fully saturated rings. The van der Waals surface area contributed by atoms with Crippen molar-refractivity contribution < 1.29 is 48.0 Å². The second-order valence-corrected chi connectivity index (χ2v) is 5.08. The molecule has 1 rings (SSSR count). The quantitative estimate of drug-likeness (QED) is 0.163. The van der Waals surface area contributed by atoms with Crippen LogP contribution in [-0.2, 0) is 10.1 Å². The van der Waals surface area contributed by atoms with Gasteiger partial charge in [0.05, 0.1) is 6.21 Å². The van der Waals surface area contributed by atoms with Gasteiger partial charge in [0.2, 0.25) is 0 Å². The summed E-state index contributed by atoms with van der Waals surface area (Å²) in [5, 5.41) is 6.29. The van der Waals surface area contributed by atoms with Crippen LogP contribution in [0.1, 0.15) is 5.56 Å². The molecule has 0 saturated heterocycles. The van der Waals surface area contributed by atoms with Crippen LogP contribution >= 0.6 is 12.2 Å². The molecule has 0 saturated carbocycles. The first kappa shape index (κ1) is 21.5. The Labute approximate surface area is 144 Å². The summed E-state index contributed by atoms with van der Waals surface area (Å²) in [5.74, 6) is -0.649. The van der Waals surface area contributed by atoms with Gasteiger partial charge in [-0.2, -0.15) is 5.10 Å². The van der Waals surface area contributed by atoms with Gasteiger partial charge in [0, 0.05) is 5.69 Å². The minimum Gasteiger partial charge on any atom is -0.747 e. The number of hydrogen-bond donors (Lipinski definition) is 3. The van der Waals surface area contributed by atoms with Gasteiger partial charge < -0.3 is 21.1 Å². The van der Waals surface area contributed by atoms with Crippen molar-refractivity contribution in [1.29, 1.82) is 0 Å². The smallest absolute Gasteiger partial charge is 0.747 e. The summed E-state index contributed by atoms with van der Waals surface area (Å²) in [7, 11) is -4.28. The van der Waals surface area contributed by atoms with Crippen molar-refractivity contribution in [3.05, 3.63) is 29.8 Å². The fourth-order valence-electron chi connectivity index (χ4n) is 1.03. The van der Waals surface area contributed by atoms with Crippen molar-refractivity contribution >= 4 is 39.4 Å². The van der Waals surface area contributed by atoms with E-state index >= 15 is 0 Å². The molecule has 0 atom stereocenters. The molecule has 0 aliphatic rings. The number of nitrogens with two attached hydrogens (primary N) is 1. The summed E-state index contributed by atoms with van der Waals surface area (Å²) in [4.78, 5) is 0. The van der Waals surface area contributed by atoms with E-state index in [1.165, 1.54) is 6.21 Å². The molecule has 11 heteroatoms. The van der Waals surface area contributed by atoms with Crippen molar-refractivity contribution in [2.24, 2.45) is 10.8 Å². The Bertz CT molecular complexity index is 548. The molecule has 0 spiro atoms. The number of hydrogen-bond acceptors (Lipinski definition) is 6. The maximum absolute atomic E-state index is 10.4. The first-order chi connectivity index (χ1) is 8.37. The molecule has 0 aliphatic heterocycles. The van der Waals surface area contributed by atoms with Gasteiger partial charge in [0.25, 0.3) is 0 Å². The molecular weight excluding hydrogens is 315 g/mol. The van der Waals surface area contributed by atoms with Gasteiger partial charge in [0.15, 0.2) is 5.11 Å². The molecular formula is C9H13N4NaO4S2. The van der Waals surface area contributed by atoms with Gasteiger partial charge in [-0.15, -0.1) is 0 Å². The monoisotopic (exact) mass is 328 g/mol. The molecule has 0 aliphatic carbocycles. The van der Waals surface area contributed by atoms with E-state index in [9.17, 15) is 13.0 Å². The van der Waals surface area contributed by atoms with Crippen LogP contribution in [0.3, 0.4) is 0 Å². The molecule has 106 valence electrons. The van der Waals surface area contributed by atoms with Gasteiger partial charge in [-0.25, -0.2) is 8.42 Å². The Morgan fingerprint density at radius 2 is 1.95 bits per heavy atom. The molecule has 0 heterocycles. The number of nitrogens with zero attached hydrogens (tertiary/aromatic N) is 1. The summed E-state index contributed by atoms with van der Waals surface area (Å²) < 4.78 is 31.2. The van der Waals surface area contributed by atoms with Crippen molar-refractivity contribution in [2.45, 2.75) is 0 Å². The SMILES string of the molecule is NC(=S)N/N=C/c1ccc(NCS(=O)(=O)[O-])cc1.O.[Na+]. The van der Waals surface area contributed by atoms with Crippen LogP contribution in [0.25, 0.3) is 0 Å². The second kappa shape index (κ2) is 10.0. The number of benzene rings is 1. The van der Waals surface area contributed by atoms with E-state index in [1.54, 1.807) is 24.3 Å². The van der Waals surface area contributed by atoms with E-state index in [0.717, 1.165) is 5.56 Å². The number of hydrazone groups is 1. The first-order valence-electron chi connectivity index (χ1n) is 4.73. The Morgan fingerprint density at radius 1 is 1.40 bits per heavy atom. The summed E-state index contributed by atoms with van der Waals surface area (Å²) >= 11 is 4.56. The zero-order valence-electron chi connectivity index (χ0n) is 10.7. The fraction of sp³-hybridized carbons (Fsp3) is 0.111. The van der Waals surface area contributed by atoms with Crippen molar-refractivity contribution in [2.75, 3.05) is 11.2 Å². The standard InChI is InChI=1S/C9H12N4O3S2.Na.H2O/c10-9(17)13-12-5-7-1-3-8(4-2-7)11-6-18(14,15)16;;/h1-5,11H,6H2,(H3,10,13,17)(H,14,15,16);;1H2/q;+1;/p-1/b12-5+;;. The first-order valence-corrected chi connectivity index (χ1v) is 6.71. The largest absolute Gasteiger partial charge is 1.00 e. The third-order valence-corrected chi connectivity index (χ3v) is 2.34. The number of rotatable bonds is 5. The Morgan fingerprint density at radius 3 is 2.40 bits per heavy atom. The zero-order valence-corrected chi connectivity index (χ0v) is 14.3. The molecule has 0 radical (unpaired) electrons. The maximum atomic E-state index is 10.4. The fourth-order valence-corrected chi connectivity index (χ4v) is 1.43. The van der Waals surface area contributed by atoms with Crippen LogP contribution in [0.5, 0.6) is 0 Å². The third kappa shape index (κ3) is 10.1. The van der Waals surface area contributed by atoms with Gasteiger partial charge in [0.1, 0.15) is 16.0 Å². The molecule has 20 heavy (non-hydrogen) atoms. The van der Waals surface area contributed by atoms with Gasteiger partial charge in [-0.05, 0) is 29.9 Å². The molecule has 0 aromatic heterocycles. The zero-order chi connectivity index (χ0) is 13.6. The summed E-state index contributed by atoms with van der Waals surface area (Å²) in [6, 6.07) is 6.61. The topological polar surface area (TPSA) is 151 Å². The Kier molecular flexibility index (Phi) is 10.8. The van der Waals surface area contributed by atoms with Crippen LogP contribution in [0.2, 0.25) is 0 Å². The van der Waals surface area contributed by atoms with Crippen LogP contribution in [0, 0.1) is 0 Å². The predicted octanol–water partition coefficient (Wildman–Crippen LogP) is -4.05.